The van der Waals surface area contributed by atoms with Crippen molar-refractivity contribution in [3.63, 3.8) is 0 Å². The Morgan fingerprint density at radius 3 is 2.31 bits per heavy atom. The summed E-state index contributed by atoms with van der Waals surface area (Å²) in [4.78, 5) is 0. The van der Waals surface area contributed by atoms with E-state index >= 15 is 0 Å². The van der Waals surface area contributed by atoms with Crippen LogP contribution in [0.5, 0.6) is 0 Å². The number of allylic oxidation sites excluding steroid dienone is 4. The first kappa shape index (κ1) is 34.7. The molecule has 0 aromatic rings. The van der Waals surface area contributed by atoms with Crippen molar-refractivity contribution in [2.45, 2.75) is 127 Å². The monoisotopic (exact) mass is 608 g/mol. The second-order valence-electron chi connectivity index (χ2n) is 13.3. The minimum Gasteiger partial charge on any atom is -0.393 e. The van der Waals surface area contributed by atoms with Crippen molar-refractivity contribution in [3.8, 4) is 11.8 Å². The van der Waals surface area contributed by atoms with E-state index in [1.54, 1.807) is 13.8 Å². The van der Waals surface area contributed by atoms with Crippen LogP contribution in [0.3, 0.4) is 0 Å². The lowest BCUT2D eigenvalue weighted by Crippen LogP contribution is -2.55. The van der Waals surface area contributed by atoms with Gasteiger partial charge in [0.2, 0.25) is 0 Å². The van der Waals surface area contributed by atoms with Crippen LogP contribution in [0, 0.1) is 35.0 Å². The zero-order valence-electron chi connectivity index (χ0n) is 24.5. The first-order valence-corrected chi connectivity index (χ1v) is 14.7. The van der Waals surface area contributed by atoms with Crippen molar-refractivity contribution < 1.29 is 46.1 Å². The van der Waals surface area contributed by atoms with Crippen LogP contribution in [0.25, 0.3) is 0 Å². The molecule has 0 heterocycles. The standard InChI is InChI=1S/C32H43F7O3/c1-20-23(18-24(40)19-27(20)33)12-11-22-9-6-16-29(4)25(13-14-26(22)29)21(8-5-15-28(2,3)41)10-7-17-30(42,31(34,35)36)32(37,38)39/h11-12,21,24-27,40-42H,1,5-6,8-10,13-16,18-19H2,2-4H3/b22-11+,23-12-/t21-,24+,25+,26-,27-,29+/m0/s1. The number of hydrogen-bond donors (Lipinski definition) is 3. The van der Waals surface area contributed by atoms with Gasteiger partial charge in [0.1, 0.15) is 6.17 Å². The predicted octanol–water partition coefficient (Wildman–Crippen LogP) is 7.91. The Hall–Kier alpha value is -1.83. The number of aliphatic hydroxyl groups excluding tert-OH is 1. The Labute approximate surface area is 244 Å². The van der Waals surface area contributed by atoms with Crippen molar-refractivity contribution in [1.82, 2.24) is 0 Å². The Balaban J connectivity index is 1.89. The molecule has 238 valence electrons. The molecule has 0 aliphatic heterocycles. The van der Waals surface area contributed by atoms with Gasteiger partial charge < -0.3 is 15.3 Å². The van der Waals surface area contributed by atoms with Gasteiger partial charge >= 0.3 is 18.0 Å². The van der Waals surface area contributed by atoms with E-state index < -0.39 is 35.8 Å². The molecule has 3 saturated carbocycles. The summed E-state index contributed by atoms with van der Waals surface area (Å²) in [6.45, 7) is 9.23. The highest BCUT2D eigenvalue weighted by Gasteiger charge is 2.70. The average Bonchev–Trinajstić information content (AvgIpc) is 3.19. The average molecular weight is 609 g/mol. The molecule has 0 saturated heterocycles. The highest BCUT2D eigenvalue weighted by atomic mass is 19.4. The zero-order valence-corrected chi connectivity index (χ0v) is 24.5. The van der Waals surface area contributed by atoms with Crippen LogP contribution in [0.15, 0.2) is 35.5 Å². The molecule has 3 N–H and O–H groups in total. The summed E-state index contributed by atoms with van der Waals surface area (Å²) < 4.78 is 93.5. The highest BCUT2D eigenvalue weighted by molar-refractivity contribution is 5.39. The SMILES string of the molecule is C=C1/C(=C\C=C2/CCC[C@]3(C)[C@@H]([C@H](CC#CC(O)(C(F)(F)F)C(F)(F)F)CCCC(C)(C)O)CC[C@@H]23)C[C@@H](O)C[C@@H]1F. The van der Waals surface area contributed by atoms with Gasteiger partial charge in [-0.2, -0.15) is 26.3 Å². The Morgan fingerprint density at radius 2 is 1.71 bits per heavy atom. The van der Waals surface area contributed by atoms with Gasteiger partial charge in [0.15, 0.2) is 0 Å². The molecule has 0 amide bonds. The molecule has 10 heteroatoms. The van der Waals surface area contributed by atoms with E-state index in [-0.39, 0.29) is 36.0 Å². The molecule has 0 radical (unpaired) electrons. The molecule has 6 atom stereocenters. The highest BCUT2D eigenvalue weighted by Crippen LogP contribution is 2.60. The van der Waals surface area contributed by atoms with Crippen molar-refractivity contribution in [3.05, 3.63) is 35.5 Å². The largest absolute Gasteiger partial charge is 0.438 e. The molecular formula is C32H43F7O3. The third-order valence-electron chi connectivity index (χ3n) is 9.65. The molecule has 0 unspecified atom stereocenters. The lowest BCUT2D eigenvalue weighted by Gasteiger charge is -2.45. The number of rotatable bonds is 7. The summed E-state index contributed by atoms with van der Waals surface area (Å²) in [6.07, 6.45) is -4.81. The molecule has 3 rings (SSSR count). The van der Waals surface area contributed by atoms with Gasteiger partial charge in [-0.25, -0.2) is 4.39 Å². The fourth-order valence-electron chi connectivity index (χ4n) is 7.34. The quantitative estimate of drug-likeness (QED) is 0.203. The van der Waals surface area contributed by atoms with Gasteiger partial charge in [-0.1, -0.05) is 43.6 Å². The lowest BCUT2D eigenvalue weighted by molar-refractivity contribution is -0.343. The Morgan fingerprint density at radius 1 is 1.07 bits per heavy atom. The second-order valence-corrected chi connectivity index (χ2v) is 13.3. The predicted molar refractivity (Wildman–Crippen MR) is 147 cm³/mol. The summed E-state index contributed by atoms with van der Waals surface area (Å²) in [5.41, 5.74) is -4.18. The third-order valence-corrected chi connectivity index (χ3v) is 9.65. The van der Waals surface area contributed by atoms with Gasteiger partial charge in [0, 0.05) is 12.8 Å². The van der Waals surface area contributed by atoms with Gasteiger partial charge in [-0.05, 0) is 105 Å². The van der Waals surface area contributed by atoms with Crippen molar-refractivity contribution in [2.24, 2.45) is 23.2 Å². The van der Waals surface area contributed by atoms with Gasteiger partial charge in [-0.15, -0.1) is 0 Å². The third kappa shape index (κ3) is 7.62. The van der Waals surface area contributed by atoms with Crippen LogP contribution in [0.1, 0.15) is 91.4 Å². The fraction of sp³-hybridized carbons (Fsp3) is 0.750. The van der Waals surface area contributed by atoms with Crippen molar-refractivity contribution in [1.29, 1.82) is 0 Å². The Bertz CT molecular complexity index is 1090. The maximum absolute atomic E-state index is 14.3. The van der Waals surface area contributed by atoms with Crippen LogP contribution < -0.4 is 0 Å². The van der Waals surface area contributed by atoms with Crippen molar-refractivity contribution >= 4 is 0 Å². The van der Waals surface area contributed by atoms with E-state index in [9.17, 15) is 46.1 Å². The van der Waals surface area contributed by atoms with E-state index in [4.69, 9.17) is 0 Å². The van der Waals surface area contributed by atoms with Crippen molar-refractivity contribution in [2.75, 3.05) is 0 Å². The smallest absolute Gasteiger partial charge is 0.393 e. The lowest BCUT2D eigenvalue weighted by atomic mass is 9.60. The maximum atomic E-state index is 14.3. The number of alkyl halides is 7. The zero-order chi connectivity index (χ0) is 31.7. The van der Waals surface area contributed by atoms with Gasteiger partial charge in [-0.3, -0.25) is 0 Å². The number of aliphatic hydroxyl groups is 3. The summed E-state index contributed by atoms with van der Waals surface area (Å²) in [6, 6.07) is 0. The molecule has 0 spiro atoms. The van der Waals surface area contributed by atoms with E-state index in [0.29, 0.717) is 43.3 Å². The van der Waals surface area contributed by atoms with E-state index in [2.05, 4.69) is 19.4 Å². The minimum atomic E-state index is -6.00. The summed E-state index contributed by atoms with van der Waals surface area (Å²) in [5.74, 6) is 2.95. The number of hydrogen-bond acceptors (Lipinski definition) is 3. The molecule has 3 nitrogen and oxygen atoms in total. The van der Waals surface area contributed by atoms with Crippen LogP contribution in [-0.2, 0) is 0 Å². The summed E-state index contributed by atoms with van der Waals surface area (Å²) in [5, 5.41) is 29.7. The molecule has 42 heavy (non-hydrogen) atoms. The molecule has 3 fully saturated rings. The number of fused-ring (bicyclic) bond motifs is 1. The van der Waals surface area contributed by atoms with E-state index in [1.165, 1.54) is 0 Å². The molecule has 0 bridgehead atoms. The fourth-order valence-corrected chi connectivity index (χ4v) is 7.34. The minimum absolute atomic E-state index is 0.0240. The molecule has 0 aromatic carbocycles. The summed E-state index contributed by atoms with van der Waals surface area (Å²) >= 11 is 0. The van der Waals surface area contributed by atoms with E-state index in [0.717, 1.165) is 37.2 Å². The van der Waals surface area contributed by atoms with E-state index in [1.807, 2.05) is 12.2 Å². The topological polar surface area (TPSA) is 60.7 Å². The van der Waals surface area contributed by atoms with Crippen LogP contribution in [-0.4, -0.2) is 51.1 Å². The van der Waals surface area contributed by atoms with Gasteiger partial charge in [0.25, 0.3) is 0 Å². The molecule has 3 aliphatic rings. The van der Waals surface area contributed by atoms with Crippen LogP contribution >= 0.6 is 0 Å². The first-order chi connectivity index (χ1) is 19.2. The van der Waals surface area contributed by atoms with Crippen LogP contribution in [0.4, 0.5) is 30.7 Å². The second kappa shape index (κ2) is 12.6. The summed E-state index contributed by atoms with van der Waals surface area (Å²) in [7, 11) is 0. The van der Waals surface area contributed by atoms with Crippen LogP contribution in [0.2, 0.25) is 0 Å². The van der Waals surface area contributed by atoms with Gasteiger partial charge in [0.05, 0.1) is 11.7 Å². The number of halogens is 7. The first-order valence-electron chi connectivity index (χ1n) is 14.7. The molecular weight excluding hydrogens is 565 g/mol. The molecule has 0 aromatic heterocycles. The normalized spacial score (nSPS) is 32.1. The maximum Gasteiger partial charge on any atom is 0.438 e. The molecule has 3 aliphatic carbocycles. The Kier molecular flexibility index (Phi) is 10.4.